The molecule has 0 unspecified atom stereocenters. The number of nitrogens with zero attached hydrogens (tertiary/aromatic N) is 3. The monoisotopic (exact) mass is 499 g/mol. The maximum absolute atomic E-state index is 5.22. The first-order chi connectivity index (χ1) is 19.2. The molecule has 0 spiro atoms. The molecule has 6 aromatic carbocycles. The number of fused-ring (bicyclic) bond motifs is 9. The lowest BCUT2D eigenvalue weighted by Crippen LogP contribution is -1.96. The lowest BCUT2D eigenvalue weighted by atomic mass is 9.99. The first kappa shape index (κ1) is 22.0. The van der Waals surface area contributed by atoms with Crippen molar-refractivity contribution in [1.82, 2.24) is 14.5 Å². The molecule has 3 nitrogen and oxygen atoms in total. The highest BCUT2D eigenvalue weighted by Crippen LogP contribution is 2.36. The van der Waals surface area contributed by atoms with Crippen LogP contribution in [0.25, 0.3) is 71.3 Å². The van der Waals surface area contributed by atoms with Crippen LogP contribution < -0.4 is 0 Å². The molecule has 2 aromatic heterocycles. The van der Waals surface area contributed by atoms with Crippen molar-refractivity contribution in [2.75, 3.05) is 0 Å². The quantitative estimate of drug-likeness (QED) is 0.222. The first-order valence-electron chi connectivity index (χ1n) is 13.3. The topological polar surface area (TPSA) is 30.7 Å². The lowest BCUT2D eigenvalue weighted by Gasteiger charge is -2.12. The van der Waals surface area contributed by atoms with E-state index in [0.717, 1.165) is 38.8 Å². The summed E-state index contributed by atoms with van der Waals surface area (Å²) in [5.74, 6) is 0. The van der Waals surface area contributed by atoms with Gasteiger partial charge in [0.05, 0.1) is 34.0 Å². The molecule has 0 saturated carbocycles. The van der Waals surface area contributed by atoms with Crippen molar-refractivity contribution in [3.63, 3.8) is 0 Å². The fourth-order valence-corrected chi connectivity index (χ4v) is 6.10. The molecule has 2 heterocycles. The van der Waals surface area contributed by atoms with Gasteiger partial charge in [-0.3, -0.25) is 4.98 Å². The van der Waals surface area contributed by atoms with E-state index in [1.165, 1.54) is 43.7 Å². The standard InChI is InChI=1S/C36H25N3/c1-22-14-16-33-30(18-22)31-19-23(2)15-17-34(31)39(33)25-9-7-8-24(20-25)32-21-37-35-28-12-5-3-10-26(28)27-11-4-6-13-29(27)36(35)38-32/h3-21H,1-2H3. The number of aromatic nitrogens is 3. The van der Waals surface area contributed by atoms with Gasteiger partial charge in [0.1, 0.15) is 0 Å². The number of hydrogen-bond acceptors (Lipinski definition) is 2. The zero-order valence-electron chi connectivity index (χ0n) is 21.8. The van der Waals surface area contributed by atoms with Crippen LogP contribution in [0, 0.1) is 13.8 Å². The number of benzene rings is 6. The Morgan fingerprint density at radius 3 is 1.74 bits per heavy atom. The Labute approximate surface area is 226 Å². The SMILES string of the molecule is Cc1ccc2c(c1)c1cc(C)ccc1n2-c1cccc(-c2cnc3c4ccccc4c4ccccc4c3n2)c1. The third kappa shape index (κ3) is 3.30. The maximum atomic E-state index is 5.22. The Balaban J connectivity index is 1.37. The molecule has 3 heteroatoms. The van der Waals surface area contributed by atoms with E-state index in [9.17, 15) is 0 Å². The zero-order valence-corrected chi connectivity index (χ0v) is 21.8. The van der Waals surface area contributed by atoms with Crippen LogP contribution in [0.15, 0.2) is 115 Å². The summed E-state index contributed by atoms with van der Waals surface area (Å²) >= 11 is 0. The summed E-state index contributed by atoms with van der Waals surface area (Å²) < 4.78 is 2.37. The summed E-state index contributed by atoms with van der Waals surface area (Å²) in [4.78, 5) is 10.2. The highest BCUT2D eigenvalue weighted by atomic mass is 15.0. The van der Waals surface area contributed by atoms with Gasteiger partial charge in [0, 0.05) is 32.8 Å². The van der Waals surface area contributed by atoms with E-state index in [-0.39, 0.29) is 0 Å². The summed E-state index contributed by atoms with van der Waals surface area (Å²) in [7, 11) is 0. The summed E-state index contributed by atoms with van der Waals surface area (Å²) in [5.41, 5.74) is 9.87. The van der Waals surface area contributed by atoms with Gasteiger partial charge in [-0.15, -0.1) is 0 Å². The first-order valence-corrected chi connectivity index (χ1v) is 13.3. The predicted octanol–water partition coefficient (Wildman–Crippen LogP) is 9.32. The lowest BCUT2D eigenvalue weighted by molar-refractivity contribution is 1.18. The molecule has 0 bridgehead atoms. The molecule has 39 heavy (non-hydrogen) atoms. The van der Waals surface area contributed by atoms with E-state index >= 15 is 0 Å². The van der Waals surface area contributed by atoms with E-state index in [1.807, 2.05) is 6.20 Å². The van der Waals surface area contributed by atoms with Gasteiger partial charge in [0.15, 0.2) is 0 Å². The van der Waals surface area contributed by atoms with Crippen molar-refractivity contribution >= 4 is 54.4 Å². The van der Waals surface area contributed by atoms with Gasteiger partial charge in [-0.05, 0) is 61.0 Å². The van der Waals surface area contributed by atoms with Crippen LogP contribution in [-0.2, 0) is 0 Å². The molecule has 0 fully saturated rings. The van der Waals surface area contributed by atoms with Gasteiger partial charge in [0.2, 0.25) is 0 Å². The van der Waals surface area contributed by atoms with Crippen molar-refractivity contribution in [3.8, 4) is 16.9 Å². The van der Waals surface area contributed by atoms with Gasteiger partial charge in [0.25, 0.3) is 0 Å². The number of hydrogen-bond donors (Lipinski definition) is 0. The van der Waals surface area contributed by atoms with Gasteiger partial charge in [-0.25, -0.2) is 4.98 Å². The Morgan fingerprint density at radius 1 is 0.513 bits per heavy atom. The zero-order chi connectivity index (χ0) is 26.1. The van der Waals surface area contributed by atoms with Crippen LogP contribution >= 0.6 is 0 Å². The van der Waals surface area contributed by atoms with Crippen LogP contribution in [0.4, 0.5) is 0 Å². The molecule has 0 aliphatic heterocycles. The van der Waals surface area contributed by atoms with Crippen molar-refractivity contribution < 1.29 is 0 Å². The van der Waals surface area contributed by atoms with Crippen LogP contribution in [0.2, 0.25) is 0 Å². The number of rotatable bonds is 2. The van der Waals surface area contributed by atoms with Crippen LogP contribution in [0.1, 0.15) is 11.1 Å². The second-order valence-electron chi connectivity index (χ2n) is 10.5. The smallest absolute Gasteiger partial charge is 0.0979 e. The molecule has 0 aliphatic rings. The van der Waals surface area contributed by atoms with Crippen molar-refractivity contribution in [3.05, 3.63) is 127 Å². The van der Waals surface area contributed by atoms with Gasteiger partial charge < -0.3 is 4.57 Å². The van der Waals surface area contributed by atoms with Crippen LogP contribution in [-0.4, -0.2) is 14.5 Å². The minimum absolute atomic E-state index is 0.872. The Bertz CT molecular complexity index is 2160. The third-order valence-electron chi connectivity index (χ3n) is 7.90. The number of aryl methyl sites for hydroxylation is 2. The molecule has 0 saturated heterocycles. The molecular weight excluding hydrogens is 474 g/mol. The molecular formula is C36H25N3. The maximum Gasteiger partial charge on any atom is 0.0979 e. The summed E-state index contributed by atoms with van der Waals surface area (Å²) in [6, 6.07) is 39.1. The summed E-state index contributed by atoms with van der Waals surface area (Å²) in [5, 5.41) is 7.24. The van der Waals surface area contributed by atoms with Gasteiger partial charge >= 0.3 is 0 Å². The molecule has 0 amide bonds. The van der Waals surface area contributed by atoms with Crippen molar-refractivity contribution in [2.24, 2.45) is 0 Å². The average molecular weight is 500 g/mol. The molecule has 0 aliphatic carbocycles. The Hall–Kier alpha value is -5.02. The van der Waals surface area contributed by atoms with E-state index in [0.29, 0.717) is 0 Å². The van der Waals surface area contributed by atoms with Crippen LogP contribution in [0.3, 0.4) is 0 Å². The largest absolute Gasteiger partial charge is 0.309 e. The third-order valence-corrected chi connectivity index (χ3v) is 7.90. The molecule has 8 aromatic rings. The normalized spacial score (nSPS) is 11.8. The van der Waals surface area contributed by atoms with Crippen LogP contribution in [0.5, 0.6) is 0 Å². The minimum atomic E-state index is 0.872. The average Bonchev–Trinajstić information content (AvgIpc) is 3.29. The fourth-order valence-electron chi connectivity index (χ4n) is 6.10. The van der Waals surface area contributed by atoms with E-state index in [2.05, 4.69) is 128 Å². The van der Waals surface area contributed by atoms with Gasteiger partial charge in [-0.2, -0.15) is 0 Å². The summed E-state index contributed by atoms with van der Waals surface area (Å²) in [6.07, 6.45) is 1.92. The van der Waals surface area contributed by atoms with Gasteiger partial charge in [-0.1, -0.05) is 83.9 Å². The molecule has 0 N–H and O–H groups in total. The molecule has 184 valence electrons. The van der Waals surface area contributed by atoms with E-state index in [4.69, 9.17) is 9.97 Å². The highest BCUT2D eigenvalue weighted by molar-refractivity contribution is 6.23. The second-order valence-corrected chi connectivity index (χ2v) is 10.5. The molecule has 0 atom stereocenters. The Kier molecular flexibility index (Phi) is 4.65. The molecule has 8 rings (SSSR count). The van der Waals surface area contributed by atoms with E-state index < -0.39 is 0 Å². The van der Waals surface area contributed by atoms with E-state index in [1.54, 1.807) is 0 Å². The van der Waals surface area contributed by atoms with Crippen molar-refractivity contribution in [1.29, 1.82) is 0 Å². The second kappa shape index (κ2) is 8.24. The minimum Gasteiger partial charge on any atom is -0.309 e. The fraction of sp³-hybridized carbons (Fsp3) is 0.0556. The van der Waals surface area contributed by atoms with Crippen molar-refractivity contribution in [2.45, 2.75) is 13.8 Å². The highest BCUT2D eigenvalue weighted by Gasteiger charge is 2.15. The molecule has 0 radical (unpaired) electrons. The Morgan fingerprint density at radius 2 is 1.10 bits per heavy atom. The summed E-state index contributed by atoms with van der Waals surface area (Å²) in [6.45, 7) is 4.31. The predicted molar refractivity (Wildman–Crippen MR) is 164 cm³/mol.